The Labute approximate surface area is 106 Å². The van der Waals surface area contributed by atoms with Crippen LogP contribution in [-0.2, 0) is 4.74 Å². The smallest absolute Gasteiger partial charge is 0.410 e. The zero-order valence-electron chi connectivity index (χ0n) is 19.3. The van der Waals surface area contributed by atoms with Crippen molar-refractivity contribution in [1.29, 1.82) is 0 Å². The van der Waals surface area contributed by atoms with E-state index in [1.807, 2.05) is 20.8 Å². The van der Waals surface area contributed by atoms with Crippen molar-refractivity contribution in [2.24, 2.45) is 5.11 Å². The normalized spacial score (nSPS) is 23.7. The number of rotatable bonds is 1. The molecule has 0 spiro atoms. The van der Waals surface area contributed by atoms with Gasteiger partial charge in [0.25, 0.3) is 0 Å². The highest BCUT2D eigenvalue weighted by molar-refractivity contribution is 5.68. The average Bonchev–Trinajstić information content (AvgIpc) is 3.12. The van der Waals surface area contributed by atoms with Crippen LogP contribution in [0, 0.1) is 0 Å². The molecule has 1 amide bonds. The zero-order chi connectivity index (χ0) is 21.5. The third kappa shape index (κ3) is 3.67. The molecule has 0 aromatic carbocycles. The average molecular weight is 235 g/mol. The highest BCUT2D eigenvalue weighted by Gasteiger charge is 2.28. The topological polar surface area (TPSA) is 78.3 Å². The predicted octanol–water partition coefficient (Wildman–Crippen LogP) is 3.78. The molecule has 96 valence electrons. The summed E-state index contributed by atoms with van der Waals surface area (Å²) in [4.78, 5) is 15.9. The number of likely N-dealkylation sites (tertiary alicyclic amines) is 1. The Balaban J connectivity index is -0.0000000786. The number of hydrogen-bond acceptors (Lipinski definition) is 3. The molecule has 6 heteroatoms. The SMILES string of the molecule is CC(C)(C)OC(=O)N1CC[C@H](N=[N+]=[N-])C1.[2HH].[2H][2H].[2H][2H].[2H][2H].[2H][2H].[2H][2H]. The quantitative estimate of drug-likeness (QED) is 0.394. The van der Waals surface area contributed by atoms with Gasteiger partial charge in [-0.25, -0.2) is 4.79 Å². The lowest BCUT2D eigenvalue weighted by Gasteiger charge is -2.24. The lowest BCUT2D eigenvalue weighted by molar-refractivity contribution is 0.0293. The van der Waals surface area contributed by atoms with Crippen molar-refractivity contribution in [3.8, 4) is 0 Å². The third-order valence-electron chi connectivity index (χ3n) is 2.03. The van der Waals surface area contributed by atoms with Crippen LogP contribution < -0.4 is 0 Å². The Kier molecular flexibility index (Phi) is 1.83. The molecule has 1 saturated heterocycles. The first-order valence-corrected chi connectivity index (χ1v) is 4.94. The molecule has 0 aliphatic carbocycles. The van der Waals surface area contributed by atoms with Crippen molar-refractivity contribution in [2.45, 2.75) is 38.8 Å². The Morgan fingerprint density at radius 3 is 2.93 bits per heavy atom. The van der Waals surface area contributed by atoms with Gasteiger partial charge >= 0.3 is 6.09 Å². The van der Waals surface area contributed by atoms with E-state index in [9.17, 15) is 4.79 Å². The highest BCUT2D eigenvalue weighted by atomic mass is 16.6. The van der Waals surface area contributed by atoms with Gasteiger partial charge in [0.15, 0.2) is 0 Å². The van der Waals surface area contributed by atoms with Gasteiger partial charge in [-0.05, 0) is 32.7 Å². The number of hydrogen-bond donors (Lipinski definition) is 0. The summed E-state index contributed by atoms with van der Waals surface area (Å²) in [7, 11) is 0. The first-order chi connectivity index (χ1) is 11.9. The first kappa shape index (κ1) is 6.23. The zero-order valence-corrected chi connectivity index (χ0v) is 9.30. The van der Waals surface area contributed by atoms with Crippen LogP contribution in [0.2, 0.25) is 0 Å². The van der Waals surface area contributed by atoms with Crippen molar-refractivity contribution in [3.63, 3.8) is 0 Å². The van der Waals surface area contributed by atoms with Gasteiger partial charge in [-0.3, -0.25) is 0 Å². The molecule has 0 aromatic heterocycles. The molecule has 1 fully saturated rings. The van der Waals surface area contributed by atoms with Crippen molar-refractivity contribution >= 4 is 6.09 Å². The van der Waals surface area contributed by atoms with Crippen molar-refractivity contribution < 1.29 is 25.8 Å². The predicted molar refractivity (Wildman–Crippen MR) is 68.0 cm³/mol. The van der Waals surface area contributed by atoms with Gasteiger partial charge in [-0.2, -0.15) is 0 Å². The minimum Gasteiger partial charge on any atom is -0.444 e. The summed E-state index contributed by atoms with van der Waals surface area (Å²) < 4.78 is 55.2. The van der Waals surface area contributed by atoms with Crippen molar-refractivity contribution in [2.75, 3.05) is 13.1 Å². The molecule has 1 aliphatic rings. The summed E-state index contributed by atoms with van der Waals surface area (Å²) in [5.41, 5.74) is 7.78. The lowest BCUT2D eigenvalue weighted by Crippen LogP contribution is -2.35. The number of azide groups is 1. The molecular weight excluding hydrogens is 196 g/mol. The highest BCUT2D eigenvalue weighted by Crippen LogP contribution is 2.16. The molecule has 1 atom stereocenters. The largest absolute Gasteiger partial charge is 0.444 e. The van der Waals surface area contributed by atoms with Crippen LogP contribution in [-0.4, -0.2) is 35.7 Å². The Hall–Kier alpha value is -1.42. The number of carbonyl (C=O) groups is 1. The van der Waals surface area contributed by atoms with E-state index in [0.717, 1.165) is 0 Å². The maximum absolute atomic E-state index is 11.6. The molecule has 1 rings (SSSR count). The standard InChI is InChI=1S/C9H16N4O2.6H2/c1-9(2,3)15-8(14)13-5-4-7(6-13)11-12-10;;;;;;/h7H,4-6H2,1-3H3;6*1H/t7-;;;;;;/m0....../s1/i;5*1+1D;1+1. The van der Waals surface area contributed by atoms with Gasteiger partial charge in [0, 0.05) is 34.3 Å². The van der Waals surface area contributed by atoms with E-state index >= 15 is 0 Å². The maximum atomic E-state index is 11.6. The van der Waals surface area contributed by atoms with E-state index < -0.39 is 5.60 Å². The summed E-state index contributed by atoms with van der Waals surface area (Å²) in [5, 5.41) is 3.58. The summed E-state index contributed by atoms with van der Waals surface area (Å²) >= 11 is 0. The molecule has 1 aliphatic heterocycles. The fourth-order valence-corrected chi connectivity index (χ4v) is 1.40. The number of carbonyl (C=O) groups excluding carboxylic acids is 1. The molecule has 0 unspecified atom stereocenters. The molecule has 0 radical (unpaired) electrons. The van der Waals surface area contributed by atoms with Gasteiger partial charge in [0.1, 0.15) is 5.60 Å². The van der Waals surface area contributed by atoms with Crippen LogP contribution in [0.4, 0.5) is 4.79 Å². The Bertz CT molecular complexity index is 317. The summed E-state index contributed by atoms with van der Waals surface area (Å²) in [5.74, 6) is 0. The molecule has 0 bridgehead atoms. The molecule has 1 heterocycles. The van der Waals surface area contributed by atoms with Gasteiger partial charge < -0.3 is 9.64 Å². The lowest BCUT2D eigenvalue weighted by atomic mass is 10.2. The third-order valence-corrected chi connectivity index (χ3v) is 2.03. The van der Waals surface area contributed by atoms with Gasteiger partial charge in [0.05, 0.1) is 6.04 Å². The molecule has 6 nitrogen and oxygen atoms in total. The summed E-state index contributed by atoms with van der Waals surface area (Å²) in [6.45, 7) is 6.53. The van der Waals surface area contributed by atoms with Crippen molar-refractivity contribution in [1.82, 2.24) is 4.90 Å². The molecule has 0 N–H and O–H groups in total. The van der Waals surface area contributed by atoms with Gasteiger partial charge in [0.2, 0.25) is 0 Å². The maximum Gasteiger partial charge on any atom is 0.410 e. The Morgan fingerprint density at radius 2 is 2.40 bits per heavy atom. The second-order valence-corrected chi connectivity index (χ2v) is 4.57. The van der Waals surface area contributed by atoms with Crippen LogP contribution in [0.1, 0.15) is 43.5 Å². The second-order valence-electron chi connectivity index (χ2n) is 4.57. The van der Waals surface area contributed by atoms with Crippen LogP contribution in [0.15, 0.2) is 5.11 Å². The monoisotopic (exact) mass is 235 g/mol. The minimum atomic E-state index is -0.479. The van der Waals surface area contributed by atoms with Crippen molar-refractivity contribution in [3.05, 3.63) is 10.4 Å². The Morgan fingerprint density at radius 1 is 1.73 bits per heavy atom. The first-order valence-electron chi connectivity index (χ1n) is 9.94. The summed E-state index contributed by atoms with van der Waals surface area (Å²) in [6.07, 6.45) is 0.377. The summed E-state index contributed by atoms with van der Waals surface area (Å²) in [6, 6.07) is -0.109. The van der Waals surface area contributed by atoms with E-state index in [1.54, 1.807) is 4.90 Å². The number of amides is 1. The molecule has 0 saturated carbocycles. The fourth-order valence-electron chi connectivity index (χ4n) is 1.40. The molecule has 15 heavy (non-hydrogen) atoms. The number of ether oxygens (including phenoxy) is 1. The van der Waals surface area contributed by atoms with E-state index in [0.29, 0.717) is 19.5 Å². The molecule has 0 aromatic rings. The van der Waals surface area contributed by atoms with E-state index in [2.05, 4.69) is 10.0 Å². The molecular formula is C9H28N4O2. The van der Waals surface area contributed by atoms with Crippen LogP contribution in [0.3, 0.4) is 0 Å². The van der Waals surface area contributed by atoms with Crippen LogP contribution >= 0.6 is 0 Å². The van der Waals surface area contributed by atoms with E-state index in [4.69, 9.17) is 25.1 Å². The van der Waals surface area contributed by atoms with E-state index in [1.165, 1.54) is 0 Å². The second kappa shape index (κ2) is 4.40. The van der Waals surface area contributed by atoms with Crippen LogP contribution in [0.25, 0.3) is 10.4 Å². The van der Waals surface area contributed by atoms with Gasteiger partial charge in [-0.1, -0.05) is 5.11 Å². The van der Waals surface area contributed by atoms with E-state index in [-0.39, 0.29) is 13.6 Å². The minimum absolute atomic E-state index is 0. The van der Waals surface area contributed by atoms with Crippen LogP contribution in [0.5, 0.6) is 0 Å². The number of nitrogens with zero attached hydrogens (tertiary/aromatic N) is 4. The van der Waals surface area contributed by atoms with Gasteiger partial charge in [-0.15, -0.1) is 0 Å². The fraction of sp³-hybridized carbons (Fsp3) is 0.889.